The Morgan fingerprint density at radius 2 is 2.46 bits per heavy atom. The van der Waals surface area contributed by atoms with Crippen molar-refractivity contribution in [2.75, 3.05) is 0 Å². The summed E-state index contributed by atoms with van der Waals surface area (Å²) >= 11 is 0. The number of hydrogen-bond donors (Lipinski definition) is 0. The number of aryl methyl sites for hydroxylation is 1. The first-order chi connectivity index (χ1) is 6.33. The van der Waals surface area contributed by atoms with Crippen LogP contribution in [0.5, 0.6) is 0 Å². The van der Waals surface area contributed by atoms with Gasteiger partial charge in [0.05, 0.1) is 12.5 Å². The molecule has 0 N–H and O–H groups in total. The van der Waals surface area contributed by atoms with E-state index in [9.17, 15) is 0 Å². The van der Waals surface area contributed by atoms with Gasteiger partial charge in [0.15, 0.2) is 0 Å². The number of hydrogen-bond acceptors (Lipinski definition) is 1. The summed E-state index contributed by atoms with van der Waals surface area (Å²) in [6, 6.07) is 2.02. The molecule has 0 saturated carbocycles. The summed E-state index contributed by atoms with van der Waals surface area (Å²) in [5, 5.41) is 0. The third kappa shape index (κ3) is 3.79. The first-order valence-corrected chi connectivity index (χ1v) is 4.62. The number of rotatable bonds is 5. The largest absolute Gasteiger partial charge is 0.472 e. The Kier molecular flexibility index (Phi) is 4.10. The van der Waals surface area contributed by atoms with Gasteiger partial charge in [0, 0.05) is 0 Å². The van der Waals surface area contributed by atoms with Crippen molar-refractivity contribution < 1.29 is 4.42 Å². The van der Waals surface area contributed by atoms with Crippen molar-refractivity contribution in [3.63, 3.8) is 0 Å². The summed E-state index contributed by atoms with van der Waals surface area (Å²) < 4.78 is 4.99. The molecular formula is C12H16O. The van der Waals surface area contributed by atoms with E-state index >= 15 is 0 Å². The summed E-state index contributed by atoms with van der Waals surface area (Å²) in [5.74, 6) is 0. The summed E-state index contributed by atoms with van der Waals surface area (Å²) in [5.41, 5.74) is 2.67. The van der Waals surface area contributed by atoms with Crippen molar-refractivity contribution in [3.8, 4) is 0 Å². The molecule has 13 heavy (non-hydrogen) atoms. The van der Waals surface area contributed by atoms with Crippen LogP contribution in [0.3, 0.4) is 0 Å². The zero-order valence-corrected chi connectivity index (χ0v) is 8.12. The zero-order valence-electron chi connectivity index (χ0n) is 8.12. The molecule has 1 heterocycles. The molecule has 1 aromatic rings. The minimum Gasteiger partial charge on any atom is -0.472 e. The molecule has 0 fully saturated rings. The maximum atomic E-state index is 4.99. The molecule has 0 bridgehead atoms. The van der Waals surface area contributed by atoms with Gasteiger partial charge in [0.1, 0.15) is 0 Å². The molecule has 0 unspecified atom stereocenters. The SMILES string of the molecule is C=C/C=C(\C)CCCc1ccoc1. The Labute approximate surface area is 79.8 Å². The van der Waals surface area contributed by atoms with Gasteiger partial charge in [0.25, 0.3) is 0 Å². The molecule has 0 spiro atoms. The molecular weight excluding hydrogens is 160 g/mol. The van der Waals surface area contributed by atoms with Gasteiger partial charge >= 0.3 is 0 Å². The fourth-order valence-electron chi connectivity index (χ4n) is 1.29. The van der Waals surface area contributed by atoms with Gasteiger partial charge in [-0.25, -0.2) is 0 Å². The van der Waals surface area contributed by atoms with Gasteiger partial charge in [0.2, 0.25) is 0 Å². The van der Waals surface area contributed by atoms with Crippen LogP contribution >= 0.6 is 0 Å². The van der Waals surface area contributed by atoms with Gasteiger partial charge < -0.3 is 4.42 Å². The van der Waals surface area contributed by atoms with E-state index in [1.807, 2.05) is 18.4 Å². The monoisotopic (exact) mass is 176 g/mol. The zero-order chi connectivity index (χ0) is 9.52. The molecule has 70 valence electrons. The van der Waals surface area contributed by atoms with E-state index in [1.165, 1.54) is 17.6 Å². The maximum absolute atomic E-state index is 4.99. The number of allylic oxidation sites excluding steroid dienone is 3. The van der Waals surface area contributed by atoms with Crippen molar-refractivity contribution in [2.45, 2.75) is 26.2 Å². The van der Waals surface area contributed by atoms with Crippen LogP contribution in [0.4, 0.5) is 0 Å². The van der Waals surface area contributed by atoms with E-state index < -0.39 is 0 Å². The average Bonchev–Trinajstić information content (AvgIpc) is 2.57. The normalized spacial score (nSPS) is 11.6. The second-order valence-corrected chi connectivity index (χ2v) is 3.23. The summed E-state index contributed by atoms with van der Waals surface area (Å²) in [6.45, 7) is 5.80. The Morgan fingerprint density at radius 3 is 3.08 bits per heavy atom. The lowest BCUT2D eigenvalue weighted by Crippen LogP contribution is -1.83. The molecule has 1 nitrogen and oxygen atoms in total. The second kappa shape index (κ2) is 5.41. The van der Waals surface area contributed by atoms with E-state index in [0.717, 1.165) is 12.8 Å². The Bertz CT molecular complexity index is 267. The van der Waals surface area contributed by atoms with Crippen LogP contribution in [-0.4, -0.2) is 0 Å². The molecule has 0 aliphatic rings. The Balaban J connectivity index is 2.21. The van der Waals surface area contributed by atoms with E-state index in [0.29, 0.717) is 0 Å². The standard InChI is InChI=1S/C12H16O/c1-3-5-11(2)6-4-7-12-8-9-13-10-12/h3,5,8-10H,1,4,6-7H2,2H3/b11-5+. The second-order valence-electron chi connectivity index (χ2n) is 3.23. The molecule has 1 aromatic heterocycles. The molecule has 0 aliphatic heterocycles. The summed E-state index contributed by atoms with van der Waals surface area (Å²) in [7, 11) is 0. The van der Waals surface area contributed by atoms with Gasteiger partial charge in [-0.3, -0.25) is 0 Å². The van der Waals surface area contributed by atoms with Crippen LogP contribution in [0.1, 0.15) is 25.3 Å². The predicted molar refractivity (Wildman–Crippen MR) is 55.6 cm³/mol. The third-order valence-corrected chi connectivity index (χ3v) is 2.02. The quantitative estimate of drug-likeness (QED) is 0.623. The third-order valence-electron chi connectivity index (χ3n) is 2.02. The van der Waals surface area contributed by atoms with Gasteiger partial charge in [-0.2, -0.15) is 0 Å². The van der Waals surface area contributed by atoms with E-state index in [-0.39, 0.29) is 0 Å². The van der Waals surface area contributed by atoms with Crippen molar-refractivity contribution in [2.24, 2.45) is 0 Å². The van der Waals surface area contributed by atoms with Crippen LogP contribution in [0.25, 0.3) is 0 Å². The number of furan rings is 1. The van der Waals surface area contributed by atoms with Gasteiger partial charge in [-0.1, -0.05) is 24.3 Å². The van der Waals surface area contributed by atoms with Crippen LogP contribution in [0.2, 0.25) is 0 Å². The smallest absolute Gasteiger partial charge is 0.0934 e. The summed E-state index contributed by atoms with van der Waals surface area (Å²) in [4.78, 5) is 0. The minimum absolute atomic E-state index is 1.10. The highest BCUT2D eigenvalue weighted by molar-refractivity contribution is 5.09. The molecule has 1 rings (SSSR count). The van der Waals surface area contributed by atoms with Crippen LogP contribution in [0, 0.1) is 0 Å². The van der Waals surface area contributed by atoms with Gasteiger partial charge in [-0.05, 0) is 37.8 Å². The highest BCUT2D eigenvalue weighted by atomic mass is 16.3. The summed E-state index contributed by atoms with van der Waals surface area (Å²) in [6.07, 6.45) is 10.8. The Hall–Kier alpha value is -1.24. The van der Waals surface area contributed by atoms with Crippen LogP contribution in [-0.2, 0) is 6.42 Å². The average molecular weight is 176 g/mol. The first-order valence-electron chi connectivity index (χ1n) is 4.62. The lowest BCUT2D eigenvalue weighted by atomic mass is 10.1. The molecule has 0 saturated heterocycles. The van der Waals surface area contributed by atoms with Crippen molar-refractivity contribution >= 4 is 0 Å². The van der Waals surface area contributed by atoms with E-state index in [4.69, 9.17) is 4.42 Å². The highest BCUT2D eigenvalue weighted by Crippen LogP contribution is 2.09. The fraction of sp³-hybridized carbons (Fsp3) is 0.333. The fourth-order valence-corrected chi connectivity index (χ4v) is 1.29. The topological polar surface area (TPSA) is 13.1 Å². The highest BCUT2D eigenvalue weighted by Gasteiger charge is 1.94. The van der Waals surface area contributed by atoms with E-state index in [2.05, 4.69) is 19.6 Å². The molecule has 0 aromatic carbocycles. The van der Waals surface area contributed by atoms with Crippen LogP contribution < -0.4 is 0 Å². The molecule has 0 radical (unpaired) electrons. The van der Waals surface area contributed by atoms with E-state index in [1.54, 1.807) is 6.26 Å². The first kappa shape index (κ1) is 9.85. The molecule has 0 amide bonds. The molecule has 0 atom stereocenters. The van der Waals surface area contributed by atoms with Gasteiger partial charge in [-0.15, -0.1) is 0 Å². The molecule has 0 aliphatic carbocycles. The van der Waals surface area contributed by atoms with Crippen molar-refractivity contribution in [1.82, 2.24) is 0 Å². The lowest BCUT2D eigenvalue weighted by molar-refractivity contribution is 0.563. The Morgan fingerprint density at radius 1 is 1.62 bits per heavy atom. The van der Waals surface area contributed by atoms with Crippen molar-refractivity contribution in [1.29, 1.82) is 0 Å². The lowest BCUT2D eigenvalue weighted by Gasteiger charge is -1.98. The predicted octanol–water partition coefficient (Wildman–Crippen LogP) is 3.73. The maximum Gasteiger partial charge on any atom is 0.0934 e. The minimum atomic E-state index is 1.10. The van der Waals surface area contributed by atoms with Crippen molar-refractivity contribution in [3.05, 3.63) is 48.5 Å². The molecule has 1 heteroatoms. The van der Waals surface area contributed by atoms with Crippen LogP contribution in [0.15, 0.2) is 47.3 Å².